The van der Waals surface area contributed by atoms with Gasteiger partial charge in [0.1, 0.15) is 0 Å². The van der Waals surface area contributed by atoms with Crippen LogP contribution in [0.25, 0.3) is 4.98 Å². The largest absolute Gasteiger partial charge is 4.00 e. The first-order valence-electron chi connectivity index (χ1n) is 10.1. The third-order valence-electron chi connectivity index (χ3n) is 5.89. The third kappa shape index (κ3) is 6.66. The summed E-state index contributed by atoms with van der Waals surface area (Å²) in [4.78, 5) is 5.71. The Morgan fingerprint density at radius 1 is 0.767 bits per heavy atom. The molecule has 1 nitrogen and oxygen atoms in total. The summed E-state index contributed by atoms with van der Waals surface area (Å²) < 4.78 is 0. The molecule has 0 radical (unpaired) electrons. The molecule has 1 aliphatic rings. The quantitative estimate of drug-likeness (QED) is 0.344. The van der Waals surface area contributed by atoms with Crippen LogP contribution in [0.5, 0.6) is 0 Å². The van der Waals surface area contributed by atoms with Gasteiger partial charge in [0.15, 0.2) is 0 Å². The second-order valence-electron chi connectivity index (χ2n) is 9.30. The molecule has 0 aromatic heterocycles. The van der Waals surface area contributed by atoms with Crippen LogP contribution in [0, 0.1) is 42.0 Å². The van der Waals surface area contributed by atoms with Crippen molar-refractivity contribution in [3.8, 4) is 0 Å². The summed E-state index contributed by atoms with van der Waals surface area (Å²) in [6.45, 7) is 13.6. The van der Waals surface area contributed by atoms with Crippen molar-refractivity contribution >= 4 is 18.6 Å². The summed E-state index contributed by atoms with van der Waals surface area (Å²) in [6, 6.07) is 18.6. The van der Waals surface area contributed by atoms with Gasteiger partial charge in [-0.2, -0.15) is 0 Å². The topological polar surface area (TPSA) is 14.1 Å². The maximum atomic E-state index is 5.71. The van der Waals surface area contributed by atoms with Crippen LogP contribution >= 0.6 is 0 Å². The summed E-state index contributed by atoms with van der Waals surface area (Å²) >= 11 is 0. The zero-order valence-corrected chi connectivity index (χ0v) is 23.4. The maximum Gasteiger partial charge on any atom is 4.00 e. The molecule has 3 rings (SSSR count). The molecule has 1 saturated carbocycles. The molecule has 0 bridgehead atoms. The van der Waals surface area contributed by atoms with Crippen molar-refractivity contribution in [2.24, 2.45) is 5.92 Å². The Balaban J connectivity index is 0. The van der Waals surface area contributed by atoms with Gasteiger partial charge in [0.2, 0.25) is 0 Å². The monoisotopic (exact) mass is 457 g/mol. The molecule has 0 N–H and O–H groups in total. The average Bonchev–Trinajstić information content (AvgIpc) is 3.00. The van der Waals surface area contributed by atoms with Crippen LogP contribution in [0.4, 0.5) is 0 Å². The Morgan fingerprint density at radius 2 is 1.17 bits per heavy atom. The van der Waals surface area contributed by atoms with E-state index in [1.165, 1.54) is 40.8 Å². The molecular formula is C27H43NSiTi. The van der Waals surface area contributed by atoms with Crippen molar-refractivity contribution in [3.05, 3.63) is 86.9 Å². The van der Waals surface area contributed by atoms with E-state index in [2.05, 4.69) is 90.1 Å². The molecule has 1 aliphatic carbocycles. The minimum Gasteiger partial charge on any atom is -0.652 e. The van der Waals surface area contributed by atoms with Crippen molar-refractivity contribution in [2.45, 2.75) is 71.9 Å². The van der Waals surface area contributed by atoms with Crippen molar-refractivity contribution in [3.63, 3.8) is 0 Å². The van der Waals surface area contributed by atoms with E-state index in [-0.39, 0.29) is 49.5 Å². The van der Waals surface area contributed by atoms with Crippen molar-refractivity contribution in [1.29, 1.82) is 0 Å². The Morgan fingerprint density at radius 3 is 1.47 bits per heavy atom. The van der Waals surface area contributed by atoms with Crippen LogP contribution < -0.4 is 10.4 Å². The van der Waals surface area contributed by atoms with Crippen LogP contribution in [0.15, 0.2) is 48.5 Å². The molecule has 164 valence electrons. The van der Waals surface area contributed by atoms with E-state index in [1.54, 1.807) is 0 Å². The minimum absolute atomic E-state index is 0. The molecule has 0 heterocycles. The van der Waals surface area contributed by atoms with E-state index in [0.29, 0.717) is 5.54 Å². The summed E-state index contributed by atoms with van der Waals surface area (Å²) in [7, 11) is -2.23. The fourth-order valence-corrected chi connectivity index (χ4v) is 10.4. The van der Waals surface area contributed by atoms with Crippen LogP contribution in [-0.4, -0.2) is 13.8 Å². The SMILES string of the molecule is Cc1ccc([Si]([N-]C(C)(C)C)(c2ccc(C)cc2)C2CCCC2C)cc1.[CH3-].[CH3-].[CH3-].[Ti+4]. The first-order valence-corrected chi connectivity index (χ1v) is 12.1. The van der Waals surface area contributed by atoms with Gasteiger partial charge in [-0.1, -0.05) is 123 Å². The van der Waals surface area contributed by atoms with Crippen LogP contribution in [0.1, 0.15) is 58.1 Å². The van der Waals surface area contributed by atoms with Gasteiger partial charge in [0.25, 0.3) is 0 Å². The molecule has 2 aromatic rings. The van der Waals surface area contributed by atoms with Gasteiger partial charge in [0.05, 0.1) is 0 Å². The van der Waals surface area contributed by atoms with Gasteiger partial charge >= 0.3 is 21.7 Å². The van der Waals surface area contributed by atoms with Crippen molar-refractivity contribution < 1.29 is 21.7 Å². The van der Waals surface area contributed by atoms with Gasteiger partial charge in [-0.3, -0.25) is 0 Å². The number of aryl methyl sites for hydroxylation is 2. The average molecular weight is 458 g/mol. The van der Waals surface area contributed by atoms with E-state index in [4.69, 9.17) is 4.98 Å². The predicted octanol–water partition coefficient (Wildman–Crippen LogP) is 7.07. The number of benzene rings is 2. The smallest absolute Gasteiger partial charge is 0.652 e. The van der Waals surface area contributed by atoms with E-state index in [1.807, 2.05) is 0 Å². The minimum atomic E-state index is -2.23. The Labute approximate surface area is 204 Å². The summed E-state index contributed by atoms with van der Waals surface area (Å²) in [5, 5.41) is 2.97. The first-order chi connectivity index (χ1) is 12.2. The molecule has 2 atom stereocenters. The Hall–Kier alpha value is -0.669. The van der Waals surface area contributed by atoms with Crippen molar-refractivity contribution in [1.82, 2.24) is 0 Å². The summed E-state index contributed by atoms with van der Waals surface area (Å²) in [5.41, 5.74) is 3.31. The van der Waals surface area contributed by atoms with Gasteiger partial charge in [-0.05, 0) is 19.8 Å². The fraction of sp³-hybridized carbons (Fsp3) is 0.444. The molecule has 0 aliphatic heterocycles. The van der Waals surface area contributed by atoms with Crippen LogP contribution in [0.3, 0.4) is 0 Å². The van der Waals surface area contributed by atoms with Gasteiger partial charge in [0, 0.05) is 8.24 Å². The molecule has 0 spiro atoms. The second kappa shape index (κ2) is 12.4. The summed E-state index contributed by atoms with van der Waals surface area (Å²) in [6.07, 6.45) is 4.00. The Kier molecular flexibility index (Phi) is 13.0. The predicted molar refractivity (Wildman–Crippen MR) is 136 cm³/mol. The van der Waals surface area contributed by atoms with Crippen molar-refractivity contribution in [2.75, 3.05) is 0 Å². The third-order valence-corrected chi connectivity index (χ3v) is 11.3. The van der Waals surface area contributed by atoms with E-state index >= 15 is 0 Å². The second-order valence-corrected chi connectivity index (χ2v) is 12.9. The summed E-state index contributed by atoms with van der Waals surface area (Å²) in [5.74, 6) is 0.746. The molecule has 0 amide bonds. The number of nitrogens with zero attached hydrogens (tertiary/aromatic N) is 1. The molecular weight excluding hydrogens is 414 g/mol. The standard InChI is InChI=1S/C24H34NSi.3CH3.Ti/c1-18-10-14-21(15-11-18)26(25-24(4,5)6,23-9-7-8-20(23)3)22-16-12-19(2)13-17-22;;;;/h10-17,20,23H,7-9H2,1-6H3;3*1H3;/q4*-1;+4. The number of rotatable bonds is 4. The maximum absolute atomic E-state index is 5.71. The zero-order valence-electron chi connectivity index (χ0n) is 20.8. The molecule has 1 fully saturated rings. The number of hydrogen-bond acceptors (Lipinski definition) is 0. The molecule has 0 saturated heterocycles. The molecule has 30 heavy (non-hydrogen) atoms. The Bertz CT molecular complexity index is 685. The van der Waals surface area contributed by atoms with Crippen LogP contribution in [0.2, 0.25) is 5.54 Å². The normalized spacial score (nSPS) is 18.3. The molecule has 2 aromatic carbocycles. The van der Waals surface area contributed by atoms with Gasteiger partial charge in [-0.25, -0.2) is 0 Å². The van der Waals surface area contributed by atoms with E-state index in [0.717, 1.165) is 5.92 Å². The molecule has 3 heteroatoms. The van der Waals surface area contributed by atoms with E-state index < -0.39 is 8.24 Å². The first kappa shape index (κ1) is 31.5. The fourth-order valence-electron chi connectivity index (χ4n) is 4.72. The van der Waals surface area contributed by atoms with Gasteiger partial charge in [-0.15, -0.1) is 5.54 Å². The molecule has 2 unspecified atom stereocenters. The van der Waals surface area contributed by atoms with Gasteiger partial charge < -0.3 is 27.3 Å². The van der Waals surface area contributed by atoms with E-state index in [9.17, 15) is 0 Å². The van der Waals surface area contributed by atoms with Crippen LogP contribution in [-0.2, 0) is 21.7 Å². The number of hydrogen-bond donors (Lipinski definition) is 0. The zero-order chi connectivity index (χ0) is 18.9.